The van der Waals surface area contributed by atoms with E-state index in [1.165, 1.54) is 12.1 Å². The Morgan fingerprint density at radius 3 is 2.24 bits per heavy atom. The summed E-state index contributed by atoms with van der Waals surface area (Å²) < 4.78 is 37.9. The maximum atomic E-state index is 12.6. The van der Waals surface area contributed by atoms with Gasteiger partial charge in [0.05, 0.1) is 5.56 Å². The van der Waals surface area contributed by atoms with Crippen LogP contribution in [0.4, 0.5) is 13.2 Å². The number of halogens is 3. The largest absolute Gasteiger partial charge is 0.508 e. The minimum atomic E-state index is -4.32. The number of benzene rings is 3. The summed E-state index contributed by atoms with van der Waals surface area (Å²) in [5.41, 5.74) is 0.952. The van der Waals surface area contributed by atoms with Crippen molar-refractivity contribution < 1.29 is 18.3 Å². The molecule has 130 valence electrons. The molecule has 0 amide bonds. The molecule has 5 heteroatoms. The highest BCUT2D eigenvalue weighted by molar-refractivity contribution is 5.87. The van der Waals surface area contributed by atoms with Crippen LogP contribution in [0.15, 0.2) is 60.7 Å². The summed E-state index contributed by atoms with van der Waals surface area (Å²) in [6, 6.07) is 16.5. The van der Waals surface area contributed by atoms with Gasteiger partial charge in [-0.15, -0.1) is 0 Å². The van der Waals surface area contributed by atoms with Crippen molar-refractivity contribution in [1.82, 2.24) is 4.90 Å². The molecule has 3 aromatic carbocycles. The fourth-order valence-electron chi connectivity index (χ4n) is 2.93. The lowest BCUT2D eigenvalue weighted by atomic mass is 10.0. The Bertz CT molecular complexity index is 872. The fraction of sp³-hybridized carbons (Fsp3) is 0.200. The van der Waals surface area contributed by atoms with Gasteiger partial charge in [0.25, 0.3) is 0 Å². The van der Waals surface area contributed by atoms with Crippen LogP contribution in [0.3, 0.4) is 0 Å². The highest BCUT2D eigenvalue weighted by Gasteiger charge is 2.29. The second kappa shape index (κ2) is 6.76. The molecule has 0 aromatic heterocycles. The number of phenols is 1. The lowest BCUT2D eigenvalue weighted by Crippen LogP contribution is -2.17. The molecule has 3 aromatic rings. The molecule has 0 saturated carbocycles. The number of nitrogens with zero attached hydrogens (tertiary/aromatic N) is 1. The van der Waals surface area contributed by atoms with Crippen molar-refractivity contribution in [3.8, 4) is 5.75 Å². The topological polar surface area (TPSA) is 23.5 Å². The average Bonchev–Trinajstić information content (AvgIpc) is 2.57. The summed E-state index contributed by atoms with van der Waals surface area (Å²) in [4.78, 5) is 1.96. The zero-order chi connectivity index (χ0) is 18.0. The Balaban J connectivity index is 1.77. The van der Waals surface area contributed by atoms with Crippen LogP contribution < -0.4 is 0 Å². The average molecular weight is 345 g/mol. The first-order chi connectivity index (χ1) is 11.8. The molecule has 0 saturated heterocycles. The molecule has 0 fully saturated rings. The Hall–Kier alpha value is -2.53. The lowest BCUT2D eigenvalue weighted by Gasteiger charge is -2.19. The summed E-state index contributed by atoms with van der Waals surface area (Å²) in [6.45, 7) is 0.981. The van der Waals surface area contributed by atoms with Crippen LogP contribution in [-0.2, 0) is 19.3 Å². The molecule has 0 bridgehead atoms. The smallest absolute Gasteiger partial charge is 0.416 e. The molecule has 2 nitrogen and oxygen atoms in total. The Morgan fingerprint density at radius 1 is 0.880 bits per heavy atom. The van der Waals surface area contributed by atoms with Gasteiger partial charge in [0.2, 0.25) is 0 Å². The number of aromatic hydroxyl groups is 1. The van der Waals surface area contributed by atoms with Gasteiger partial charge in [-0.1, -0.05) is 42.5 Å². The van der Waals surface area contributed by atoms with E-state index in [0.717, 1.165) is 34.0 Å². The standard InChI is InChI=1S/C20H18F3NO/c1-24(12-14-6-9-16(10-7-14)20(21,22)23)13-18-17-5-3-2-4-15(17)8-11-19(18)25/h2-11,25H,12-13H2,1H3. The van der Waals surface area contributed by atoms with E-state index >= 15 is 0 Å². The molecule has 0 unspecified atom stereocenters. The third-order valence-electron chi connectivity index (χ3n) is 4.18. The van der Waals surface area contributed by atoms with Crippen molar-refractivity contribution in [3.05, 3.63) is 77.4 Å². The van der Waals surface area contributed by atoms with E-state index in [0.29, 0.717) is 13.1 Å². The number of fused-ring (bicyclic) bond motifs is 1. The molecule has 0 heterocycles. The first-order valence-corrected chi connectivity index (χ1v) is 7.89. The van der Waals surface area contributed by atoms with Crippen LogP contribution in [0.2, 0.25) is 0 Å². The van der Waals surface area contributed by atoms with Crippen molar-refractivity contribution in [1.29, 1.82) is 0 Å². The molecule has 25 heavy (non-hydrogen) atoms. The predicted octanol–water partition coefficient (Wildman–Crippen LogP) is 5.20. The van der Waals surface area contributed by atoms with E-state index < -0.39 is 11.7 Å². The minimum absolute atomic E-state index is 0.220. The highest BCUT2D eigenvalue weighted by atomic mass is 19.4. The second-order valence-corrected chi connectivity index (χ2v) is 6.15. The Kier molecular flexibility index (Phi) is 4.68. The van der Waals surface area contributed by atoms with Crippen LogP contribution >= 0.6 is 0 Å². The van der Waals surface area contributed by atoms with Gasteiger partial charge < -0.3 is 5.11 Å². The third kappa shape index (κ3) is 3.94. The van der Waals surface area contributed by atoms with Crippen LogP contribution in [0.25, 0.3) is 10.8 Å². The maximum absolute atomic E-state index is 12.6. The third-order valence-corrected chi connectivity index (χ3v) is 4.18. The molecule has 3 rings (SSSR count). The number of alkyl halides is 3. The van der Waals surface area contributed by atoms with Crippen LogP contribution in [0.1, 0.15) is 16.7 Å². The van der Waals surface area contributed by atoms with Crippen molar-refractivity contribution in [2.45, 2.75) is 19.3 Å². The maximum Gasteiger partial charge on any atom is 0.416 e. The summed E-state index contributed by atoms with van der Waals surface area (Å²) in [5, 5.41) is 12.2. The van der Waals surface area contributed by atoms with Crippen molar-refractivity contribution in [2.75, 3.05) is 7.05 Å². The molecule has 0 aliphatic rings. The summed E-state index contributed by atoms with van der Waals surface area (Å²) >= 11 is 0. The highest BCUT2D eigenvalue weighted by Crippen LogP contribution is 2.30. The van der Waals surface area contributed by atoms with Gasteiger partial charge in [0, 0.05) is 18.7 Å². The lowest BCUT2D eigenvalue weighted by molar-refractivity contribution is -0.137. The zero-order valence-electron chi connectivity index (χ0n) is 13.7. The Morgan fingerprint density at radius 2 is 1.56 bits per heavy atom. The van der Waals surface area contributed by atoms with Gasteiger partial charge >= 0.3 is 6.18 Å². The molecule has 0 spiro atoms. The zero-order valence-corrected chi connectivity index (χ0v) is 13.7. The number of hydrogen-bond acceptors (Lipinski definition) is 2. The van der Waals surface area contributed by atoms with Gasteiger partial charge in [0.15, 0.2) is 0 Å². The van der Waals surface area contributed by atoms with E-state index in [1.807, 2.05) is 42.3 Å². The fourth-order valence-corrected chi connectivity index (χ4v) is 2.93. The van der Waals surface area contributed by atoms with Crippen molar-refractivity contribution in [3.63, 3.8) is 0 Å². The van der Waals surface area contributed by atoms with E-state index in [9.17, 15) is 18.3 Å². The second-order valence-electron chi connectivity index (χ2n) is 6.15. The van der Waals surface area contributed by atoms with Gasteiger partial charge in [0.1, 0.15) is 5.75 Å². The van der Waals surface area contributed by atoms with E-state index in [-0.39, 0.29) is 5.75 Å². The minimum Gasteiger partial charge on any atom is -0.508 e. The molecule has 0 atom stereocenters. The normalized spacial score (nSPS) is 12.0. The van der Waals surface area contributed by atoms with Gasteiger partial charge in [-0.25, -0.2) is 0 Å². The summed E-state index contributed by atoms with van der Waals surface area (Å²) in [7, 11) is 1.87. The van der Waals surface area contributed by atoms with E-state index in [1.54, 1.807) is 6.07 Å². The monoisotopic (exact) mass is 345 g/mol. The van der Waals surface area contributed by atoms with Crippen LogP contribution in [0, 0.1) is 0 Å². The SMILES string of the molecule is CN(Cc1ccc(C(F)(F)F)cc1)Cc1c(O)ccc2ccccc12. The van der Waals surface area contributed by atoms with Crippen LogP contribution in [-0.4, -0.2) is 17.1 Å². The number of hydrogen-bond donors (Lipinski definition) is 1. The molecular formula is C20H18F3NO. The quantitative estimate of drug-likeness (QED) is 0.703. The van der Waals surface area contributed by atoms with Crippen molar-refractivity contribution >= 4 is 10.8 Å². The van der Waals surface area contributed by atoms with E-state index in [2.05, 4.69) is 0 Å². The first-order valence-electron chi connectivity index (χ1n) is 7.89. The van der Waals surface area contributed by atoms with E-state index in [4.69, 9.17) is 0 Å². The molecular weight excluding hydrogens is 327 g/mol. The molecule has 0 aliphatic carbocycles. The van der Waals surface area contributed by atoms with Gasteiger partial charge in [-0.05, 0) is 41.6 Å². The molecule has 1 N–H and O–H groups in total. The number of rotatable bonds is 4. The predicted molar refractivity (Wildman–Crippen MR) is 92.2 cm³/mol. The van der Waals surface area contributed by atoms with Gasteiger partial charge in [-0.3, -0.25) is 4.90 Å². The van der Waals surface area contributed by atoms with Gasteiger partial charge in [-0.2, -0.15) is 13.2 Å². The summed E-state index contributed by atoms with van der Waals surface area (Å²) in [6.07, 6.45) is -4.32. The number of phenolic OH excluding ortho intramolecular Hbond substituents is 1. The first kappa shape index (κ1) is 17.3. The molecule has 0 radical (unpaired) electrons. The summed E-state index contributed by atoms with van der Waals surface area (Å²) in [5.74, 6) is 0.220. The van der Waals surface area contributed by atoms with Crippen molar-refractivity contribution in [2.24, 2.45) is 0 Å². The Labute approximate surface area is 144 Å². The van der Waals surface area contributed by atoms with Crippen LogP contribution in [0.5, 0.6) is 5.75 Å². The molecule has 0 aliphatic heterocycles.